The number of nitrogens with two attached hydrogens (primary N) is 3. The van der Waals surface area contributed by atoms with E-state index in [1.54, 1.807) is 44.2 Å². The number of benzene rings is 2. The minimum atomic E-state index is -1.18. The lowest BCUT2D eigenvalue weighted by Crippen LogP contribution is -2.46. The fraction of sp³-hybridized carbons (Fsp3) is 0.535. The predicted octanol–water partition coefficient (Wildman–Crippen LogP) is 3.27. The zero-order chi connectivity index (χ0) is 42.4. The fourth-order valence-electron chi connectivity index (χ4n) is 7.29. The minimum Gasteiger partial charge on any atom is -0.492 e. The van der Waals surface area contributed by atoms with E-state index in [4.69, 9.17) is 26.7 Å². The zero-order valence-corrected chi connectivity index (χ0v) is 34.2. The van der Waals surface area contributed by atoms with Gasteiger partial charge in [-0.2, -0.15) is 10.2 Å². The number of fused-ring (bicyclic) bond motifs is 5. The van der Waals surface area contributed by atoms with Crippen LogP contribution in [0.2, 0.25) is 0 Å². The van der Waals surface area contributed by atoms with Gasteiger partial charge in [-0.3, -0.25) is 28.8 Å². The second-order valence-electron chi connectivity index (χ2n) is 15.2. The first-order valence-electron chi connectivity index (χ1n) is 20.2. The molecule has 0 spiro atoms. The quantitative estimate of drug-likeness (QED) is 0.152. The third kappa shape index (κ3) is 12.0. The summed E-state index contributed by atoms with van der Waals surface area (Å²) in [4.78, 5) is 84.1. The molecule has 2 aromatic carbocycles. The Labute approximate surface area is 340 Å². The molecule has 58 heavy (non-hydrogen) atoms. The van der Waals surface area contributed by atoms with E-state index in [2.05, 4.69) is 15.5 Å². The van der Waals surface area contributed by atoms with Crippen LogP contribution in [0.15, 0.2) is 46.6 Å². The maximum absolute atomic E-state index is 14.6. The zero-order valence-electron chi connectivity index (χ0n) is 34.2. The van der Waals surface area contributed by atoms with Crippen LogP contribution in [0.1, 0.15) is 89.3 Å². The van der Waals surface area contributed by atoms with Gasteiger partial charge in [-0.25, -0.2) is 0 Å². The van der Waals surface area contributed by atoms with E-state index in [0.717, 1.165) is 6.42 Å². The van der Waals surface area contributed by atoms with Crippen LogP contribution in [0.4, 0.5) is 0 Å². The molecular formula is C43H59N7O8. The number of unbranched alkanes of at least 4 members (excludes halogenated alkanes) is 1. The number of Topliss-reactive ketones (excluding diaryl/α,β-unsaturated/α-hetero) is 4. The van der Waals surface area contributed by atoms with E-state index in [-0.39, 0.29) is 94.4 Å². The summed E-state index contributed by atoms with van der Waals surface area (Å²) < 4.78 is 12.2. The molecule has 4 rings (SSSR count). The minimum absolute atomic E-state index is 0.00658. The summed E-state index contributed by atoms with van der Waals surface area (Å²) >= 11 is 0. The molecule has 0 unspecified atom stereocenters. The van der Waals surface area contributed by atoms with Gasteiger partial charge in [0, 0.05) is 87.3 Å². The molecule has 2 amide bonds. The number of carbonyl (C=O) groups excluding carboxylic acids is 6. The summed E-state index contributed by atoms with van der Waals surface area (Å²) in [6.45, 7) is 6.18. The van der Waals surface area contributed by atoms with Crippen molar-refractivity contribution in [3.05, 3.63) is 47.5 Å². The first-order valence-corrected chi connectivity index (χ1v) is 20.2. The van der Waals surface area contributed by atoms with Crippen molar-refractivity contribution in [2.24, 2.45) is 45.2 Å². The molecule has 2 aliphatic heterocycles. The van der Waals surface area contributed by atoms with Crippen LogP contribution in [0.3, 0.4) is 0 Å². The molecule has 0 saturated heterocycles. The van der Waals surface area contributed by atoms with E-state index in [1.165, 1.54) is 18.2 Å². The average molecular weight is 802 g/mol. The van der Waals surface area contributed by atoms with Crippen LogP contribution in [0, 0.1) is 17.8 Å². The van der Waals surface area contributed by atoms with Gasteiger partial charge in [-0.1, -0.05) is 39.3 Å². The summed E-state index contributed by atoms with van der Waals surface area (Å²) in [5.41, 5.74) is 20.1. The van der Waals surface area contributed by atoms with Crippen LogP contribution >= 0.6 is 0 Å². The summed E-state index contributed by atoms with van der Waals surface area (Å²) in [5, 5.41) is 10.5. The van der Waals surface area contributed by atoms with Crippen molar-refractivity contribution in [3.8, 4) is 22.6 Å². The van der Waals surface area contributed by atoms with Gasteiger partial charge in [0.25, 0.3) is 0 Å². The molecule has 0 aliphatic carbocycles. The van der Waals surface area contributed by atoms with Crippen LogP contribution < -0.4 is 32.0 Å². The highest BCUT2D eigenvalue weighted by Crippen LogP contribution is 2.41. The first-order chi connectivity index (χ1) is 27.8. The molecule has 4 bridgehead atoms. The van der Waals surface area contributed by atoms with E-state index in [1.807, 2.05) is 13.0 Å². The van der Waals surface area contributed by atoms with Crippen molar-refractivity contribution in [2.45, 2.75) is 90.6 Å². The molecule has 2 heterocycles. The number of hydrogen-bond acceptors (Lipinski definition) is 13. The number of ketones is 4. The molecular weight excluding hydrogens is 743 g/mol. The Hall–Kier alpha value is -5.12. The maximum atomic E-state index is 14.6. The monoisotopic (exact) mass is 801 g/mol. The van der Waals surface area contributed by atoms with Crippen LogP contribution in [0.5, 0.6) is 11.5 Å². The van der Waals surface area contributed by atoms with Gasteiger partial charge in [0.05, 0.1) is 6.04 Å². The van der Waals surface area contributed by atoms with Gasteiger partial charge in [0.1, 0.15) is 42.2 Å². The van der Waals surface area contributed by atoms with Gasteiger partial charge in [-0.15, -0.1) is 0 Å². The Morgan fingerprint density at radius 2 is 1.60 bits per heavy atom. The highest BCUT2D eigenvalue weighted by molar-refractivity contribution is 6.43. The molecule has 15 nitrogen and oxygen atoms in total. The van der Waals surface area contributed by atoms with E-state index in [9.17, 15) is 28.8 Å². The molecule has 2 aliphatic rings. The van der Waals surface area contributed by atoms with Gasteiger partial charge >= 0.3 is 0 Å². The Morgan fingerprint density at radius 3 is 2.22 bits per heavy atom. The molecule has 15 heteroatoms. The Morgan fingerprint density at radius 1 is 0.931 bits per heavy atom. The van der Waals surface area contributed by atoms with Crippen molar-refractivity contribution < 1.29 is 38.2 Å². The number of amides is 2. The summed E-state index contributed by atoms with van der Waals surface area (Å²) in [7, 11) is 1.52. The standard InChI is InChI=1S/C43H59N7O8/c1-5-6-7-31(51)24-30(12-14-44)43(56)50(4)40-29-9-11-39(58-19-16-46)33(25-29)32-22-28(8-10-38(32)57-18-15-45)23-35(48-42(55)27(3)21-37(40)53)36(52)20-26(2)41(54)34-13-17-47-49-34/h8-11,17,22,25-27,30,35,40H,5-7,12-16,18-21,23-24,44-46H2,1-4H3,(H,48,55)/t26-,27-,30-,35+,40+/m1/s1. The number of nitrogens with one attached hydrogen (secondary N) is 1. The smallest absolute Gasteiger partial charge is 0.226 e. The second-order valence-corrected chi connectivity index (χ2v) is 15.2. The number of nitrogens with zero attached hydrogens (tertiary/aromatic N) is 3. The topological polar surface area (TPSA) is 239 Å². The van der Waals surface area contributed by atoms with Crippen molar-refractivity contribution >= 4 is 46.9 Å². The maximum Gasteiger partial charge on any atom is 0.226 e. The molecule has 0 aromatic heterocycles. The highest BCUT2D eigenvalue weighted by Gasteiger charge is 2.36. The Bertz CT molecular complexity index is 1880. The highest BCUT2D eigenvalue weighted by atomic mass is 16.5. The molecule has 2 aromatic rings. The molecule has 5 atom stereocenters. The van der Waals surface area contributed by atoms with E-state index < -0.39 is 47.4 Å². The van der Waals surface area contributed by atoms with Gasteiger partial charge < -0.3 is 36.9 Å². The molecule has 314 valence electrons. The number of ether oxygens (including phenoxy) is 2. The van der Waals surface area contributed by atoms with E-state index >= 15 is 0 Å². The third-order valence-electron chi connectivity index (χ3n) is 10.5. The van der Waals surface area contributed by atoms with Crippen molar-refractivity contribution in [2.75, 3.05) is 39.9 Å². The van der Waals surface area contributed by atoms with Crippen LogP contribution in [-0.4, -0.2) is 97.7 Å². The molecule has 0 radical (unpaired) electrons. The number of hydrogen-bond donors (Lipinski definition) is 4. The molecule has 7 N–H and O–H groups in total. The summed E-state index contributed by atoms with van der Waals surface area (Å²) in [6, 6.07) is 8.29. The van der Waals surface area contributed by atoms with Crippen molar-refractivity contribution in [1.82, 2.24) is 10.2 Å². The molecule has 0 saturated carbocycles. The number of rotatable bonds is 20. The largest absolute Gasteiger partial charge is 0.492 e. The Kier molecular flexibility index (Phi) is 17.4. The number of likely N-dealkylation sites (N-methyl/N-ethyl adjacent to an activating group) is 1. The first kappa shape index (κ1) is 45.6. The lowest BCUT2D eigenvalue weighted by Gasteiger charge is -2.32. The Balaban J connectivity index is 1.85. The van der Waals surface area contributed by atoms with E-state index in [0.29, 0.717) is 46.6 Å². The third-order valence-corrected chi connectivity index (χ3v) is 10.5. The predicted molar refractivity (Wildman–Crippen MR) is 222 cm³/mol. The van der Waals surface area contributed by atoms with Crippen LogP contribution in [0.25, 0.3) is 11.1 Å². The van der Waals surface area contributed by atoms with Gasteiger partial charge in [0.15, 0.2) is 17.3 Å². The SMILES string of the molecule is CCCCC(=O)C[C@@H](CCN)C(=O)N(C)[C@@H]1C(=O)C[C@@H](C)C(=O)N[C@H](C(=O)C[C@@H](C)C(=O)C2=NN=CC2)Cc2ccc(OCCN)c(c2)-c2cc1ccc2OCCN. The number of carbonyl (C=O) groups is 6. The van der Waals surface area contributed by atoms with Gasteiger partial charge in [0.2, 0.25) is 11.8 Å². The van der Waals surface area contributed by atoms with Gasteiger partial charge in [-0.05, 0) is 61.2 Å². The normalized spacial score (nSPS) is 19.0. The second kappa shape index (κ2) is 22.1. The van der Waals surface area contributed by atoms with Crippen LogP contribution in [-0.2, 0) is 35.2 Å². The summed E-state index contributed by atoms with van der Waals surface area (Å²) in [5.74, 6) is -3.64. The fourth-order valence-corrected chi connectivity index (χ4v) is 7.29. The summed E-state index contributed by atoms with van der Waals surface area (Å²) in [6.07, 6.45) is 3.54. The average Bonchev–Trinajstić information content (AvgIpc) is 3.75. The lowest BCUT2D eigenvalue weighted by molar-refractivity contribution is -0.143. The molecule has 0 fully saturated rings. The van der Waals surface area contributed by atoms with Crippen molar-refractivity contribution in [3.63, 3.8) is 0 Å². The van der Waals surface area contributed by atoms with Crippen molar-refractivity contribution in [1.29, 1.82) is 0 Å². The lowest BCUT2D eigenvalue weighted by atomic mass is 9.87.